The third-order valence-electron chi connectivity index (χ3n) is 4.03. The molecule has 0 spiro atoms. The number of primary amides is 1. The van der Waals surface area contributed by atoms with Crippen molar-refractivity contribution in [3.05, 3.63) is 56.5 Å². The number of carbonyl (C=O) groups is 1. The van der Waals surface area contributed by atoms with Gasteiger partial charge in [-0.3, -0.25) is 4.79 Å². The number of thiophene rings is 1. The van der Waals surface area contributed by atoms with Crippen LogP contribution in [-0.2, 0) is 4.74 Å². The zero-order chi connectivity index (χ0) is 21.1. The van der Waals surface area contributed by atoms with E-state index in [0.717, 1.165) is 15.4 Å². The Morgan fingerprint density at radius 2 is 2.07 bits per heavy atom. The predicted molar refractivity (Wildman–Crippen MR) is 118 cm³/mol. The van der Waals surface area contributed by atoms with Crippen LogP contribution in [0.15, 0.2) is 30.3 Å². The summed E-state index contributed by atoms with van der Waals surface area (Å²) in [4.78, 5) is 13.7. The Kier molecular flexibility index (Phi) is 6.66. The summed E-state index contributed by atoms with van der Waals surface area (Å²) in [6, 6.07) is 8.96. The molecule has 2 heterocycles. The SMILES string of the molecule is Cc1c(C(N)=O)nn(-c2ccc(Cl)cc2Cl)c1-c1ccc(C#CCOC(C)C)s1. The van der Waals surface area contributed by atoms with Crippen LogP contribution in [0.5, 0.6) is 0 Å². The average molecular weight is 448 g/mol. The number of rotatable bonds is 5. The molecule has 0 saturated carbocycles. The number of benzene rings is 1. The topological polar surface area (TPSA) is 70.1 Å². The van der Waals surface area contributed by atoms with Gasteiger partial charge in [-0.25, -0.2) is 4.68 Å². The van der Waals surface area contributed by atoms with Gasteiger partial charge in [0.25, 0.3) is 5.91 Å². The van der Waals surface area contributed by atoms with Crippen LogP contribution in [-0.4, -0.2) is 28.4 Å². The lowest BCUT2D eigenvalue weighted by atomic mass is 10.1. The molecule has 3 aromatic rings. The summed E-state index contributed by atoms with van der Waals surface area (Å²) in [5.41, 5.74) is 7.73. The molecule has 0 saturated heterocycles. The maximum absolute atomic E-state index is 11.9. The number of nitrogens with two attached hydrogens (primary N) is 1. The second-order valence-electron chi connectivity index (χ2n) is 6.52. The summed E-state index contributed by atoms with van der Waals surface area (Å²) in [6.07, 6.45) is 0.136. The molecule has 3 rings (SSSR count). The Balaban J connectivity index is 2.06. The quantitative estimate of drug-likeness (QED) is 0.553. The van der Waals surface area contributed by atoms with Gasteiger partial charge in [0, 0.05) is 10.6 Å². The van der Waals surface area contributed by atoms with Crippen molar-refractivity contribution in [3.63, 3.8) is 0 Å². The number of hydrogen-bond acceptors (Lipinski definition) is 4. The van der Waals surface area contributed by atoms with Crippen LogP contribution in [0.2, 0.25) is 10.0 Å². The van der Waals surface area contributed by atoms with E-state index in [9.17, 15) is 4.79 Å². The first-order valence-corrected chi connectivity index (χ1v) is 10.4. The summed E-state index contributed by atoms with van der Waals surface area (Å²) >= 11 is 13.9. The highest BCUT2D eigenvalue weighted by Gasteiger charge is 2.22. The third kappa shape index (κ3) is 4.82. The zero-order valence-electron chi connectivity index (χ0n) is 16.1. The lowest BCUT2D eigenvalue weighted by Crippen LogP contribution is -2.13. The smallest absolute Gasteiger partial charge is 0.269 e. The maximum atomic E-state index is 11.9. The van der Waals surface area contributed by atoms with E-state index < -0.39 is 5.91 Å². The van der Waals surface area contributed by atoms with Gasteiger partial charge >= 0.3 is 0 Å². The fourth-order valence-corrected chi connectivity index (χ4v) is 4.17. The van der Waals surface area contributed by atoms with E-state index in [1.54, 1.807) is 22.9 Å². The molecule has 0 aliphatic heterocycles. The highest BCUT2D eigenvalue weighted by molar-refractivity contribution is 7.16. The van der Waals surface area contributed by atoms with E-state index >= 15 is 0 Å². The van der Waals surface area contributed by atoms with Gasteiger partial charge < -0.3 is 10.5 Å². The molecule has 150 valence electrons. The molecule has 8 heteroatoms. The maximum Gasteiger partial charge on any atom is 0.269 e. The number of halogens is 2. The van der Waals surface area contributed by atoms with E-state index in [1.165, 1.54) is 11.3 Å². The lowest BCUT2D eigenvalue weighted by molar-refractivity contribution is 0.0994. The van der Waals surface area contributed by atoms with Gasteiger partial charge in [0.05, 0.1) is 32.3 Å². The highest BCUT2D eigenvalue weighted by atomic mass is 35.5. The van der Waals surface area contributed by atoms with Crippen molar-refractivity contribution < 1.29 is 9.53 Å². The van der Waals surface area contributed by atoms with Gasteiger partial charge in [0.2, 0.25) is 0 Å². The van der Waals surface area contributed by atoms with E-state index in [4.69, 9.17) is 33.7 Å². The van der Waals surface area contributed by atoms with Gasteiger partial charge in [-0.15, -0.1) is 11.3 Å². The molecule has 0 aliphatic rings. The highest BCUT2D eigenvalue weighted by Crippen LogP contribution is 2.35. The largest absolute Gasteiger partial charge is 0.366 e. The molecule has 2 N–H and O–H groups in total. The first kappa shape index (κ1) is 21.4. The molecule has 0 atom stereocenters. The molecule has 29 heavy (non-hydrogen) atoms. The number of ether oxygens (including phenoxy) is 1. The van der Waals surface area contributed by atoms with Gasteiger partial charge in [0.15, 0.2) is 5.69 Å². The van der Waals surface area contributed by atoms with Crippen molar-refractivity contribution in [1.82, 2.24) is 9.78 Å². The van der Waals surface area contributed by atoms with Crippen molar-refractivity contribution in [1.29, 1.82) is 0 Å². The molecular weight excluding hydrogens is 429 g/mol. The minimum absolute atomic E-state index is 0.136. The molecular formula is C21H19Cl2N3O2S. The van der Waals surface area contributed by atoms with Crippen LogP contribution < -0.4 is 5.73 Å². The van der Waals surface area contributed by atoms with Crippen LogP contribution in [0.25, 0.3) is 16.3 Å². The Labute approximate surface area is 183 Å². The lowest BCUT2D eigenvalue weighted by Gasteiger charge is -2.09. The van der Waals surface area contributed by atoms with E-state index in [-0.39, 0.29) is 11.8 Å². The van der Waals surface area contributed by atoms with Gasteiger partial charge in [0.1, 0.15) is 6.61 Å². The number of carbonyl (C=O) groups excluding carboxylic acids is 1. The predicted octanol–water partition coefficient (Wildman–Crippen LogP) is 5.09. The summed E-state index contributed by atoms with van der Waals surface area (Å²) in [6.45, 7) is 6.11. The molecule has 0 fully saturated rings. The van der Waals surface area contributed by atoms with Crippen molar-refractivity contribution in [2.75, 3.05) is 6.61 Å². The monoisotopic (exact) mass is 447 g/mol. The van der Waals surface area contributed by atoms with Gasteiger partial charge in [-0.2, -0.15) is 5.10 Å². The molecule has 2 aromatic heterocycles. The Morgan fingerprint density at radius 3 is 2.72 bits per heavy atom. The van der Waals surface area contributed by atoms with Crippen molar-refractivity contribution in [3.8, 4) is 28.1 Å². The molecule has 0 unspecified atom stereocenters. The first-order valence-electron chi connectivity index (χ1n) is 8.83. The normalized spacial score (nSPS) is 10.8. The number of aromatic nitrogens is 2. The third-order valence-corrected chi connectivity index (χ3v) is 5.58. The van der Waals surface area contributed by atoms with Gasteiger partial charge in [-0.1, -0.05) is 35.0 Å². The minimum Gasteiger partial charge on any atom is -0.366 e. The number of nitrogens with zero attached hydrogens (tertiary/aromatic N) is 2. The van der Waals surface area contributed by atoms with Crippen molar-refractivity contribution in [2.24, 2.45) is 5.73 Å². The number of hydrogen-bond donors (Lipinski definition) is 1. The van der Waals surface area contributed by atoms with Crippen LogP contribution in [0.4, 0.5) is 0 Å². The van der Waals surface area contributed by atoms with E-state index in [1.807, 2.05) is 32.9 Å². The molecule has 5 nitrogen and oxygen atoms in total. The van der Waals surface area contributed by atoms with Crippen LogP contribution in [0.1, 0.15) is 34.8 Å². The Bertz CT molecular complexity index is 1120. The fraction of sp³-hybridized carbons (Fsp3) is 0.238. The number of amides is 1. The van der Waals surface area contributed by atoms with E-state index in [0.29, 0.717) is 27.9 Å². The van der Waals surface area contributed by atoms with E-state index in [2.05, 4.69) is 16.9 Å². The molecule has 0 bridgehead atoms. The molecule has 1 amide bonds. The summed E-state index contributed by atoms with van der Waals surface area (Å²) < 4.78 is 7.07. The van der Waals surface area contributed by atoms with Gasteiger partial charge in [-0.05, 0) is 51.1 Å². The fourth-order valence-electron chi connectivity index (χ4n) is 2.71. The second-order valence-corrected chi connectivity index (χ2v) is 8.45. The van der Waals surface area contributed by atoms with Crippen LogP contribution in [0, 0.1) is 18.8 Å². The molecule has 0 aliphatic carbocycles. The molecule has 1 aromatic carbocycles. The summed E-state index contributed by atoms with van der Waals surface area (Å²) in [5.74, 6) is 5.50. The van der Waals surface area contributed by atoms with Crippen molar-refractivity contribution >= 4 is 40.4 Å². The first-order chi connectivity index (χ1) is 13.8. The zero-order valence-corrected chi connectivity index (χ0v) is 18.5. The average Bonchev–Trinajstić information content (AvgIpc) is 3.23. The van der Waals surface area contributed by atoms with Crippen molar-refractivity contribution in [2.45, 2.75) is 26.9 Å². The Morgan fingerprint density at radius 1 is 1.31 bits per heavy atom. The van der Waals surface area contributed by atoms with Crippen LogP contribution in [0.3, 0.4) is 0 Å². The Hall–Kier alpha value is -2.30. The summed E-state index contributed by atoms with van der Waals surface area (Å²) in [5, 5.41) is 5.34. The molecule has 0 radical (unpaired) electrons. The van der Waals surface area contributed by atoms with Crippen LogP contribution >= 0.6 is 34.5 Å². The summed E-state index contributed by atoms with van der Waals surface area (Å²) in [7, 11) is 0. The minimum atomic E-state index is -0.602. The standard InChI is InChI=1S/C21H19Cl2N3O2S/c1-12(2)28-10-4-5-15-7-9-18(29-15)20-13(3)19(21(24)27)25-26(20)17-8-6-14(22)11-16(17)23/h6-9,11-12H,10H2,1-3H3,(H2,24,27). The second kappa shape index (κ2) is 9.02.